The number of amides is 1. The Morgan fingerprint density at radius 2 is 1.50 bits per heavy atom. The molecule has 1 N–H and O–H groups in total. The number of piperazine rings is 1. The fraction of sp³-hybridized carbons (Fsp3) is 0.300. The van der Waals surface area contributed by atoms with Crippen LogP contribution in [0.3, 0.4) is 0 Å². The smallest absolute Gasteiger partial charge is 0.223 e. The van der Waals surface area contributed by atoms with E-state index in [0.29, 0.717) is 23.7 Å². The van der Waals surface area contributed by atoms with Crippen molar-refractivity contribution in [2.45, 2.75) is 12.8 Å². The van der Waals surface area contributed by atoms with Crippen molar-refractivity contribution in [3.05, 3.63) is 59.1 Å². The summed E-state index contributed by atoms with van der Waals surface area (Å²) in [5.41, 5.74) is 1.62. The third-order valence-corrected chi connectivity index (χ3v) is 4.83. The summed E-state index contributed by atoms with van der Waals surface area (Å²) in [6.45, 7) is 2.74. The molecule has 3 rings (SSSR count). The lowest BCUT2D eigenvalue weighted by Crippen LogP contribution is -2.48. The lowest BCUT2D eigenvalue weighted by atomic mass is 10.1. The molecule has 0 spiro atoms. The maximum absolute atomic E-state index is 12.4. The third-order valence-electron chi connectivity index (χ3n) is 4.58. The van der Waals surface area contributed by atoms with Gasteiger partial charge in [-0.1, -0.05) is 11.6 Å². The number of hydrogen-bond acceptors (Lipinski definition) is 4. The fourth-order valence-corrected chi connectivity index (χ4v) is 3.16. The summed E-state index contributed by atoms with van der Waals surface area (Å²) in [4.78, 5) is 28.5. The second-order valence-electron chi connectivity index (χ2n) is 6.31. The third kappa shape index (κ3) is 4.55. The van der Waals surface area contributed by atoms with Gasteiger partial charge in [-0.3, -0.25) is 9.59 Å². The maximum atomic E-state index is 12.4. The first-order chi connectivity index (χ1) is 12.5. The number of aromatic hydroxyl groups is 1. The van der Waals surface area contributed by atoms with Gasteiger partial charge in [-0.15, -0.1) is 0 Å². The molecule has 0 radical (unpaired) electrons. The van der Waals surface area contributed by atoms with Crippen molar-refractivity contribution in [2.75, 3.05) is 31.1 Å². The molecule has 26 heavy (non-hydrogen) atoms. The van der Waals surface area contributed by atoms with Crippen LogP contribution >= 0.6 is 11.6 Å². The van der Waals surface area contributed by atoms with E-state index in [1.807, 2.05) is 17.0 Å². The highest BCUT2D eigenvalue weighted by atomic mass is 35.5. The van der Waals surface area contributed by atoms with Crippen LogP contribution in [0.2, 0.25) is 5.02 Å². The second-order valence-corrected chi connectivity index (χ2v) is 6.75. The van der Waals surface area contributed by atoms with Gasteiger partial charge in [-0.2, -0.15) is 0 Å². The molecule has 1 saturated heterocycles. The standard InChI is InChI=1S/C20H21ClN2O3/c21-16-3-1-15(2-4-16)19(25)9-10-20(26)23-13-11-22(12-14-23)17-5-7-18(24)8-6-17/h1-8,24H,9-14H2. The molecule has 1 aliphatic heterocycles. The zero-order valence-corrected chi connectivity index (χ0v) is 15.2. The van der Waals surface area contributed by atoms with Gasteiger partial charge >= 0.3 is 0 Å². The van der Waals surface area contributed by atoms with Gasteiger partial charge in [0.15, 0.2) is 5.78 Å². The van der Waals surface area contributed by atoms with Crippen LogP contribution in [0.1, 0.15) is 23.2 Å². The average Bonchev–Trinajstić information content (AvgIpc) is 2.67. The van der Waals surface area contributed by atoms with Crippen molar-refractivity contribution in [1.29, 1.82) is 0 Å². The van der Waals surface area contributed by atoms with Gasteiger partial charge in [-0.05, 0) is 48.5 Å². The van der Waals surface area contributed by atoms with E-state index in [-0.39, 0.29) is 30.3 Å². The Bertz CT molecular complexity index is 767. The molecule has 5 nitrogen and oxygen atoms in total. The highest BCUT2D eigenvalue weighted by molar-refractivity contribution is 6.30. The first-order valence-corrected chi connectivity index (χ1v) is 9.01. The zero-order valence-electron chi connectivity index (χ0n) is 14.4. The number of rotatable bonds is 5. The monoisotopic (exact) mass is 372 g/mol. The lowest BCUT2D eigenvalue weighted by molar-refractivity contribution is -0.131. The summed E-state index contributed by atoms with van der Waals surface area (Å²) in [5.74, 6) is 0.211. The number of phenols is 1. The number of halogens is 1. The molecule has 0 unspecified atom stereocenters. The number of carbonyl (C=O) groups excluding carboxylic acids is 2. The number of Topliss-reactive ketones (excluding diaryl/α,β-unsaturated/α-hetero) is 1. The van der Waals surface area contributed by atoms with E-state index in [4.69, 9.17) is 11.6 Å². The average molecular weight is 373 g/mol. The quantitative estimate of drug-likeness (QED) is 0.817. The predicted molar refractivity (Wildman–Crippen MR) is 102 cm³/mol. The van der Waals surface area contributed by atoms with Crippen molar-refractivity contribution in [3.63, 3.8) is 0 Å². The van der Waals surface area contributed by atoms with Gasteiger partial charge in [0, 0.05) is 55.3 Å². The SMILES string of the molecule is O=C(CCC(=O)N1CCN(c2ccc(O)cc2)CC1)c1ccc(Cl)cc1. The minimum Gasteiger partial charge on any atom is -0.508 e. The molecule has 0 aliphatic carbocycles. The number of nitrogens with zero attached hydrogens (tertiary/aromatic N) is 2. The van der Waals surface area contributed by atoms with Crippen LogP contribution in [0.15, 0.2) is 48.5 Å². The molecular formula is C20H21ClN2O3. The normalized spacial score (nSPS) is 14.3. The van der Waals surface area contributed by atoms with Crippen molar-refractivity contribution in [3.8, 4) is 5.75 Å². The second kappa shape index (κ2) is 8.23. The number of ketones is 1. The van der Waals surface area contributed by atoms with E-state index in [1.54, 1.807) is 36.4 Å². The molecule has 1 amide bonds. The molecule has 1 fully saturated rings. The molecule has 0 saturated carbocycles. The molecule has 6 heteroatoms. The number of hydrogen-bond donors (Lipinski definition) is 1. The minimum atomic E-state index is -0.0438. The van der Waals surface area contributed by atoms with E-state index in [1.165, 1.54) is 0 Å². The molecule has 0 bridgehead atoms. The molecular weight excluding hydrogens is 352 g/mol. The van der Waals surface area contributed by atoms with Gasteiger partial charge in [0.2, 0.25) is 5.91 Å². The summed E-state index contributed by atoms with van der Waals surface area (Å²) in [5, 5.41) is 9.95. The number of anilines is 1. The minimum absolute atomic E-state index is 0.0117. The Morgan fingerprint density at radius 1 is 0.885 bits per heavy atom. The highest BCUT2D eigenvalue weighted by Gasteiger charge is 2.21. The molecule has 2 aromatic rings. The van der Waals surface area contributed by atoms with Crippen molar-refractivity contribution >= 4 is 29.0 Å². The summed E-state index contributed by atoms with van der Waals surface area (Å²) >= 11 is 5.82. The van der Waals surface area contributed by atoms with E-state index in [9.17, 15) is 14.7 Å². The van der Waals surface area contributed by atoms with E-state index in [0.717, 1.165) is 18.8 Å². The Hall–Kier alpha value is -2.53. The first-order valence-electron chi connectivity index (χ1n) is 8.63. The number of phenolic OH excluding ortho intramolecular Hbond substituents is 1. The first kappa shape index (κ1) is 18.3. The molecule has 1 heterocycles. The van der Waals surface area contributed by atoms with Crippen LogP contribution in [0, 0.1) is 0 Å². The maximum Gasteiger partial charge on any atom is 0.223 e. The van der Waals surface area contributed by atoms with Crippen molar-refractivity contribution in [2.24, 2.45) is 0 Å². The largest absolute Gasteiger partial charge is 0.508 e. The number of carbonyl (C=O) groups is 2. The lowest BCUT2D eigenvalue weighted by Gasteiger charge is -2.36. The van der Waals surface area contributed by atoms with Gasteiger partial charge in [0.25, 0.3) is 0 Å². The van der Waals surface area contributed by atoms with Gasteiger partial charge in [0.05, 0.1) is 0 Å². The molecule has 0 atom stereocenters. The Kier molecular flexibility index (Phi) is 5.78. The summed E-state index contributed by atoms with van der Waals surface area (Å²) < 4.78 is 0. The van der Waals surface area contributed by atoms with Crippen LogP contribution in [0.4, 0.5) is 5.69 Å². The van der Waals surface area contributed by atoms with Crippen LogP contribution in [0.5, 0.6) is 5.75 Å². The Morgan fingerprint density at radius 3 is 2.12 bits per heavy atom. The Labute approximate surface area is 157 Å². The van der Waals surface area contributed by atoms with E-state index in [2.05, 4.69) is 4.90 Å². The van der Waals surface area contributed by atoms with Crippen LogP contribution < -0.4 is 4.90 Å². The zero-order chi connectivity index (χ0) is 18.5. The van der Waals surface area contributed by atoms with Gasteiger partial charge in [-0.25, -0.2) is 0 Å². The molecule has 0 aromatic heterocycles. The Balaban J connectivity index is 1.47. The van der Waals surface area contributed by atoms with E-state index < -0.39 is 0 Å². The van der Waals surface area contributed by atoms with E-state index >= 15 is 0 Å². The van der Waals surface area contributed by atoms with Crippen molar-refractivity contribution < 1.29 is 14.7 Å². The van der Waals surface area contributed by atoms with Crippen LogP contribution in [-0.2, 0) is 4.79 Å². The summed E-state index contributed by atoms with van der Waals surface area (Å²) in [7, 11) is 0. The van der Waals surface area contributed by atoms with Crippen LogP contribution in [-0.4, -0.2) is 47.9 Å². The summed E-state index contributed by atoms with van der Waals surface area (Å²) in [6, 6.07) is 13.8. The topological polar surface area (TPSA) is 60.9 Å². The van der Waals surface area contributed by atoms with Gasteiger partial charge in [0.1, 0.15) is 5.75 Å². The summed E-state index contributed by atoms with van der Waals surface area (Å²) in [6.07, 6.45) is 0.430. The highest BCUT2D eigenvalue weighted by Crippen LogP contribution is 2.20. The fourth-order valence-electron chi connectivity index (χ4n) is 3.04. The molecule has 1 aliphatic rings. The molecule has 136 valence electrons. The number of benzene rings is 2. The molecule has 2 aromatic carbocycles. The predicted octanol–water partition coefficient (Wildman–Crippen LogP) is 3.36. The van der Waals surface area contributed by atoms with Crippen LogP contribution in [0.25, 0.3) is 0 Å². The van der Waals surface area contributed by atoms with Gasteiger partial charge < -0.3 is 14.9 Å². The van der Waals surface area contributed by atoms with Crippen molar-refractivity contribution in [1.82, 2.24) is 4.90 Å².